The van der Waals surface area contributed by atoms with E-state index in [-0.39, 0.29) is 11.9 Å². The van der Waals surface area contributed by atoms with Crippen molar-refractivity contribution in [3.05, 3.63) is 29.3 Å². The Morgan fingerprint density at radius 2 is 1.90 bits per heavy atom. The average Bonchev–Trinajstić information content (AvgIpc) is 2.94. The summed E-state index contributed by atoms with van der Waals surface area (Å²) in [6.45, 7) is 1.58. The highest BCUT2D eigenvalue weighted by Crippen LogP contribution is 2.27. The highest BCUT2D eigenvalue weighted by molar-refractivity contribution is 6.30. The van der Waals surface area contributed by atoms with E-state index in [1.165, 1.54) is 12.8 Å². The summed E-state index contributed by atoms with van der Waals surface area (Å²) in [5.74, 6) is -0.207. The van der Waals surface area contributed by atoms with Crippen molar-refractivity contribution >= 4 is 29.2 Å². The number of carbonyl (C=O) groups is 2. The summed E-state index contributed by atoms with van der Waals surface area (Å²) in [5.41, 5.74) is 0.628. The highest BCUT2D eigenvalue weighted by Gasteiger charge is 2.22. The van der Waals surface area contributed by atoms with E-state index in [2.05, 4.69) is 5.32 Å². The van der Waals surface area contributed by atoms with Crippen LogP contribution in [0.5, 0.6) is 0 Å². The van der Waals surface area contributed by atoms with Gasteiger partial charge in [0.2, 0.25) is 0 Å². The summed E-state index contributed by atoms with van der Waals surface area (Å²) in [7, 11) is 0. The summed E-state index contributed by atoms with van der Waals surface area (Å²) >= 11 is 5.78. The van der Waals surface area contributed by atoms with Gasteiger partial charge in [0.1, 0.15) is 0 Å². The lowest BCUT2D eigenvalue weighted by Gasteiger charge is -2.15. The minimum absolute atomic E-state index is 0.291. The zero-order valence-electron chi connectivity index (χ0n) is 12.1. The molecule has 0 aliphatic heterocycles. The molecule has 21 heavy (non-hydrogen) atoms. The van der Waals surface area contributed by atoms with Crippen molar-refractivity contribution in [1.82, 2.24) is 0 Å². The summed E-state index contributed by atoms with van der Waals surface area (Å²) in [5, 5.41) is 3.29. The summed E-state index contributed by atoms with van der Waals surface area (Å²) in [6, 6.07) is 6.78. The molecule has 0 radical (unpaired) electrons. The molecule has 5 heteroatoms. The molecule has 1 saturated carbocycles. The Bertz CT molecular complexity index is 495. The number of amides is 1. The van der Waals surface area contributed by atoms with Gasteiger partial charge in [0.05, 0.1) is 0 Å². The molecule has 0 aromatic heterocycles. The van der Waals surface area contributed by atoms with E-state index < -0.39 is 6.10 Å². The molecular formula is C16H20ClNO3. The Labute approximate surface area is 129 Å². The summed E-state index contributed by atoms with van der Waals surface area (Å²) in [6.07, 6.45) is 4.16. The largest absolute Gasteiger partial charge is 0.453 e. The number of ether oxygens (including phenoxy) is 1. The topological polar surface area (TPSA) is 55.4 Å². The molecule has 1 aromatic rings. The van der Waals surface area contributed by atoms with E-state index in [1.807, 2.05) is 0 Å². The maximum absolute atomic E-state index is 11.9. The molecule has 1 aliphatic carbocycles. The van der Waals surface area contributed by atoms with Gasteiger partial charge in [-0.05, 0) is 49.9 Å². The van der Waals surface area contributed by atoms with Crippen LogP contribution in [0, 0.1) is 5.92 Å². The second kappa shape index (κ2) is 7.46. The Morgan fingerprint density at radius 1 is 1.29 bits per heavy atom. The van der Waals surface area contributed by atoms with Crippen LogP contribution >= 0.6 is 11.6 Å². The maximum Gasteiger partial charge on any atom is 0.306 e. The first-order valence-electron chi connectivity index (χ1n) is 7.30. The van der Waals surface area contributed by atoms with Crippen molar-refractivity contribution in [3.63, 3.8) is 0 Å². The van der Waals surface area contributed by atoms with E-state index in [1.54, 1.807) is 31.2 Å². The van der Waals surface area contributed by atoms with Crippen molar-refractivity contribution in [3.8, 4) is 0 Å². The fraction of sp³-hybridized carbons (Fsp3) is 0.500. The molecule has 1 fully saturated rings. The van der Waals surface area contributed by atoms with Gasteiger partial charge in [-0.3, -0.25) is 9.59 Å². The quantitative estimate of drug-likeness (QED) is 0.842. The normalized spacial score (nSPS) is 16.5. The number of carbonyl (C=O) groups excluding carboxylic acids is 2. The SMILES string of the molecule is CC(OC(=O)CC1CCCC1)C(=O)Nc1ccc(Cl)cc1. The van der Waals surface area contributed by atoms with Gasteiger partial charge in [-0.15, -0.1) is 0 Å². The van der Waals surface area contributed by atoms with Crippen LogP contribution in [0.15, 0.2) is 24.3 Å². The fourth-order valence-electron chi connectivity index (χ4n) is 2.53. The second-order valence-corrected chi connectivity index (χ2v) is 5.92. The minimum Gasteiger partial charge on any atom is -0.453 e. The third-order valence-corrected chi connectivity index (χ3v) is 3.97. The molecule has 114 valence electrons. The number of esters is 1. The molecule has 1 amide bonds. The molecule has 1 N–H and O–H groups in total. The third-order valence-electron chi connectivity index (χ3n) is 3.72. The zero-order valence-corrected chi connectivity index (χ0v) is 12.9. The molecule has 2 rings (SSSR count). The minimum atomic E-state index is -0.797. The van der Waals surface area contributed by atoms with Gasteiger partial charge in [-0.25, -0.2) is 0 Å². The standard InChI is InChI=1S/C16H20ClNO3/c1-11(21-15(19)10-12-4-2-3-5-12)16(20)18-14-8-6-13(17)7-9-14/h6-9,11-12H,2-5,10H2,1H3,(H,18,20). The third kappa shape index (κ3) is 5.05. The van der Waals surface area contributed by atoms with Gasteiger partial charge < -0.3 is 10.1 Å². The molecule has 1 aliphatic rings. The van der Waals surface area contributed by atoms with Crippen LogP contribution in [0.4, 0.5) is 5.69 Å². The van der Waals surface area contributed by atoms with Gasteiger partial charge in [-0.2, -0.15) is 0 Å². The Kier molecular flexibility index (Phi) is 5.62. The van der Waals surface area contributed by atoms with Crippen LogP contribution in [0.3, 0.4) is 0 Å². The van der Waals surface area contributed by atoms with Gasteiger partial charge in [0.25, 0.3) is 5.91 Å². The number of hydrogen-bond acceptors (Lipinski definition) is 3. The van der Waals surface area contributed by atoms with Gasteiger partial charge in [0.15, 0.2) is 6.10 Å². The molecule has 0 spiro atoms. The van der Waals surface area contributed by atoms with Gasteiger partial charge in [-0.1, -0.05) is 24.4 Å². The predicted octanol–water partition coefficient (Wildman–Crippen LogP) is 3.79. The molecule has 1 aromatic carbocycles. The van der Waals surface area contributed by atoms with Crippen LogP contribution in [-0.4, -0.2) is 18.0 Å². The second-order valence-electron chi connectivity index (χ2n) is 5.48. The first-order valence-corrected chi connectivity index (χ1v) is 7.68. The lowest BCUT2D eigenvalue weighted by molar-refractivity contribution is -0.154. The summed E-state index contributed by atoms with van der Waals surface area (Å²) < 4.78 is 5.19. The molecule has 1 unspecified atom stereocenters. The van der Waals surface area contributed by atoms with E-state index in [0.717, 1.165) is 12.8 Å². The van der Waals surface area contributed by atoms with E-state index in [0.29, 0.717) is 23.0 Å². The van der Waals surface area contributed by atoms with Crippen molar-refractivity contribution < 1.29 is 14.3 Å². The van der Waals surface area contributed by atoms with Crippen LogP contribution in [0.25, 0.3) is 0 Å². The Balaban J connectivity index is 1.78. The number of rotatable bonds is 5. The Hall–Kier alpha value is -1.55. The average molecular weight is 310 g/mol. The van der Waals surface area contributed by atoms with Crippen LogP contribution in [0.2, 0.25) is 5.02 Å². The smallest absolute Gasteiger partial charge is 0.306 e. The molecule has 0 saturated heterocycles. The molecule has 4 nitrogen and oxygen atoms in total. The molecule has 1 atom stereocenters. The maximum atomic E-state index is 11.9. The summed E-state index contributed by atoms with van der Waals surface area (Å²) in [4.78, 5) is 23.7. The number of benzene rings is 1. The van der Waals surface area contributed by atoms with Crippen molar-refractivity contribution in [2.24, 2.45) is 5.92 Å². The number of halogens is 1. The zero-order chi connectivity index (χ0) is 15.2. The van der Waals surface area contributed by atoms with Crippen molar-refractivity contribution in [2.45, 2.75) is 45.1 Å². The first kappa shape index (κ1) is 15.8. The van der Waals surface area contributed by atoms with Gasteiger partial charge >= 0.3 is 5.97 Å². The Morgan fingerprint density at radius 3 is 2.52 bits per heavy atom. The van der Waals surface area contributed by atoms with Crippen molar-refractivity contribution in [1.29, 1.82) is 0 Å². The molecular weight excluding hydrogens is 290 g/mol. The van der Waals surface area contributed by atoms with E-state index in [9.17, 15) is 9.59 Å². The van der Waals surface area contributed by atoms with Gasteiger partial charge in [0, 0.05) is 17.1 Å². The number of hydrogen-bond donors (Lipinski definition) is 1. The fourth-order valence-corrected chi connectivity index (χ4v) is 2.65. The number of anilines is 1. The van der Waals surface area contributed by atoms with E-state index in [4.69, 9.17) is 16.3 Å². The number of nitrogens with one attached hydrogen (secondary N) is 1. The van der Waals surface area contributed by atoms with Crippen molar-refractivity contribution in [2.75, 3.05) is 5.32 Å². The monoisotopic (exact) mass is 309 g/mol. The molecule has 0 heterocycles. The predicted molar refractivity (Wildman–Crippen MR) is 82.2 cm³/mol. The highest BCUT2D eigenvalue weighted by atomic mass is 35.5. The van der Waals surface area contributed by atoms with Crippen LogP contribution in [0.1, 0.15) is 39.0 Å². The lowest BCUT2D eigenvalue weighted by Crippen LogP contribution is -2.30. The van der Waals surface area contributed by atoms with E-state index >= 15 is 0 Å². The van der Waals surface area contributed by atoms with Crippen LogP contribution in [-0.2, 0) is 14.3 Å². The molecule has 0 bridgehead atoms. The lowest BCUT2D eigenvalue weighted by atomic mass is 10.0. The van der Waals surface area contributed by atoms with Crippen LogP contribution < -0.4 is 5.32 Å². The first-order chi connectivity index (χ1) is 10.0.